The van der Waals surface area contributed by atoms with Crippen LogP contribution in [0.4, 0.5) is 4.39 Å². The van der Waals surface area contributed by atoms with Gasteiger partial charge in [0.15, 0.2) is 11.6 Å². The molecule has 0 aliphatic carbocycles. The quantitative estimate of drug-likeness (QED) is 0.783. The van der Waals surface area contributed by atoms with Crippen LogP contribution in [-0.4, -0.2) is 18.7 Å². The first-order valence-electron chi connectivity index (χ1n) is 5.03. The summed E-state index contributed by atoms with van der Waals surface area (Å²) in [5.41, 5.74) is 4.36. The molecule has 1 aromatic rings. The Morgan fingerprint density at radius 3 is 2.47 bits per heavy atom. The highest BCUT2D eigenvalue weighted by molar-refractivity contribution is 6.14. The lowest BCUT2D eigenvalue weighted by atomic mass is 9.83. The minimum atomic E-state index is -1.14. The Labute approximate surface area is 99.1 Å². The Kier molecular flexibility index (Phi) is 3.50. The molecule has 17 heavy (non-hydrogen) atoms. The maximum atomic E-state index is 13.5. The van der Waals surface area contributed by atoms with Gasteiger partial charge < -0.3 is 15.9 Å². The number of ether oxygens (including phenoxy) is 1. The lowest BCUT2D eigenvalue weighted by Crippen LogP contribution is -2.38. The van der Waals surface area contributed by atoms with E-state index in [1.807, 2.05) is 0 Å². The Balaban J connectivity index is 3.14. The van der Waals surface area contributed by atoms with Crippen LogP contribution in [0.1, 0.15) is 19.4 Å². The fourth-order valence-electron chi connectivity index (χ4n) is 1.31. The first-order valence-corrected chi connectivity index (χ1v) is 5.03. The van der Waals surface area contributed by atoms with Crippen molar-refractivity contribution in [3.63, 3.8) is 0 Å². The van der Waals surface area contributed by atoms with Crippen molar-refractivity contribution in [2.75, 3.05) is 7.11 Å². The third-order valence-corrected chi connectivity index (χ3v) is 2.68. The smallest absolute Gasteiger partial charge is 0.229 e. The van der Waals surface area contributed by atoms with E-state index in [-0.39, 0.29) is 11.5 Å². The SMILES string of the molecule is COc1ccc(C(=N)C(C)(C)C(N)=O)cc1F. The second-order valence-electron chi connectivity index (χ2n) is 4.21. The summed E-state index contributed by atoms with van der Waals surface area (Å²) in [6, 6.07) is 4.09. The van der Waals surface area contributed by atoms with Crippen molar-refractivity contribution < 1.29 is 13.9 Å². The Hall–Kier alpha value is -1.91. The molecule has 0 bridgehead atoms. The number of methoxy groups -OCH3 is 1. The van der Waals surface area contributed by atoms with E-state index in [0.717, 1.165) is 6.07 Å². The summed E-state index contributed by atoms with van der Waals surface area (Å²) in [5.74, 6) is -1.10. The summed E-state index contributed by atoms with van der Waals surface area (Å²) < 4.78 is 18.2. The van der Waals surface area contributed by atoms with E-state index in [2.05, 4.69) is 0 Å². The number of carbonyl (C=O) groups excluding carboxylic acids is 1. The predicted octanol–water partition coefficient (Wildman–Crippen LogP) is 1.71. The molecular formula is C12H15FN2O2. The highest BCUT2D eigenvalue weighted by Crippen LogP contribution is 2.24. The van der Waals surface area contributed by atoms with E-state index in [1.165, 1.54) is 33.1 Å². The molecule has 4 nitrogen and oxygen atoms in total. The van der Waals surface area contributed by atoms with Gasteiger partial charge in [0, 0.05) is 0 Å². The minimum absolute atomic E-state index is 0.0217. The molecule has 92 valence electrons. The Morgan fingerprint density at radius 1 is 1.47 bits per heavy atom. The molecule has 0 saturated heterocycles. The molecule has 0 aliphatic rings. The van der Waals surface area contributed by atoms with Crippen LogP contribution in [0.3, 0.4) is 0 Å². The number of primary amides is 1. The van der Waals surface area contributed by atoms with E-state index < -0.39 is 17.1 Å². The second kappa shape index (κ2) is 4.53. The predicted molar refractivity (Wildman–Crippen MR) is 62.8 cm³/mol. The average Bonchev–Trinajstić information content (AvgIpc) is 2.27. The highest BCUT2D eigenvalue weighted by atomic mass is 19.1. The van der Waals surface area contributed by atoms with Crippen LogP contribution in [0.25, 0.3) is 0 Å². The normalized spacial score (nSPS) is 11.1. The van der Waals surface area contributed by atoms with Crippen molar-refractivity contribution in [1.82, 2.24) is 0 Å². The van der Waals surface area contributed by atoms with Crippen LogP contribution >= 0.6 is 0 Å². The maximum Gasteiger partial charge on any atom is 0.229 e. The fraction of sp³-hybridized carbons (Fsp3) is 0.333. The number of halogens is 1. The summed E-state index contributed by atoms with van der Waals surface area (Å²) in [6.07, 6.45) is 0. The van der Waals surface area contributed by atoms with Gasteiger partial charge in [0.2, 0.25) is 5.91 Å². The topological polar surface area (TPSA) is 76.2 Å². The molecule has 0 aromatic heterocycles. The van der Waals surface area contributed by atoms with Gasteiger partial charge >= 0.3 is 0 Å². The van der Waals surface area contributed by atoms with Gasteiger partial charge in [0.05, 0.1) is 18.2 Å². The molecule has 0 fully saturated rings. The van der Waals surface area contributed by atoms with Crippen LogP contribution in [0.15, 0.2) is 18.2 Å². The number of nitrogens with one attached hydrogen (secondary N) is 1. The maximum absolute atomic E-state index is 13.5. The van der Waals surface area contributed by atoms with E-state index >= 15 is 0 Å². The zero-order chi connectivity index (χ0) is 13.2. The molecule has 0 saturated carbocycles. The number of benzene rings is 1. The molecule has 0 atom stereocenters. The summed E-state index contributed by atoms with van der Waals surface area (Å²) in [6.45, 7) is 3.06. The van der Waals surface area contributed by atoms with E-state index in [1.54, 1.807) is 0 Å². The van der Waals surface area contributed by atoms with Gasteiger partial charge in [-0.25, -0.2) is 4.39 Å². The third kappa shape index (κ3) is 2.43. The third-order valence-electron chi connectivity index (χ3n) is 2.68. The van der Waals surface area contributed by atoms with Crippen LogP contribution in [0.2, 0.25) is 0 Å². The monoisotopic (exact) mass is 238 g/mol. The average molecular weight is 238 g/mol. The highest BCUT2D eigenvalue weighted by Gasteiger charge is 2.31. The van der Waals surface area contributed by atoms with Gasteiger partial charge in [-0.1, -0.05) is 0 Å². The first-order chi connectivity index (χ1) is 7.80. The van der Waals surface area contributed by atoms with Crippen molar-refractivity contribution in [2.45, 2.75) is 13.8 Å². The van der Waals surface area contributed by atoms with Crippen molar-refractivity contribution in [3.05, 3.63) is 29.6 Å². The molecule has 1 rings (SSSR count). The van der Waals surface area contributed by atoms with Crippen LogP contribution < -0.4 is 10.5 Å². The van der Waals surface area contributed by atoms with Crippen molar-refractivity contribution in [2.24, 2.45) is 11.1 Å². The molecular weight excluding hydrogens is 223 g/mol. The molecule has 5 heteroatoms. The van der Waals surface area contributed by atoms with Gasteiger partial charge in [0.25, 0.3) is 0 Å². The van der Waals surface area contributed by atoms with Crippen molar-refractivity contribution >= 4 is 11.6 Å². The fourth-order valence-corrected chi connectivity index (χ4v) is 1.31. The number of rotatable bonds is 4. The number of hydrogen-bond donors (Lipinski definition) is 2. The number of amides is 1. The lowest BCUT2D eigenvalue weighted by Gasteiger charge is -2.22. The number of hydrogen-bond acceptors (Lipinski definition) is 3. The molecule has 1 aromatic carbocycles. The van der Waals surface area contributed by atoms with E-state index in [0.29, 0.717) is 5.56 Å². The van der Waals surface area contributed by atoms with Gasteiger partial charge in [-0.2, -0.15) is 0 Å². The Morgan fingerprint density at radius 2 is 2.06 bits per heavy atom. The molecule has 3 N–H and O–H groups in total. The van der Waals surface area contributed by atoms with Crippen molar-refractivity contribution in [1.29, 1.82) is 5.41 Å². The van der Waals surface area contributed by atoms with Gasteiger partial charge in [-0.15, -0.1) is 0 Å². The summed E-state index contributed by atoms with van der Waals surface area (Å²) in [4.78, 5) is 11.2. The molecule has 0 spiro atoms. The van der Waals surface area contributed by atoms with Gasteiger partial charge in [-0.3, -0.25) is 4.79 Å². The zero-order valence-corrected chi connectivity index (χ0v) is 10.0. The Bertz CT molecular complexity index is 470. The summed E-state index contributed by atoms with van der Waals surface area (Å²) >= 11 is 0. The van der Waals surface area contributed by atoms with Gasteiger partial charge in [-0.05, 0) is 37.6 Å². The molecule has 1 amide bonds. The minimum Gasteiger partial charge on any atom is -0.494 e. The molecule has 0 aliphatic heterocycles. The summed E-state index contributed by atoms with van der Waals surface area (Å²) in [7, 11) is 1.36. The lowest BCUT2D eigenvalue weighted by molar-refractivity contribution is -0.122. The van der Waals surface area contributed by atoms with Crippen LogP contribution in [0, 0.1) is 16.6 Å². The van der Waals surface area contributed by atoms with Crippen LogP contribution in [-0.2, 0) is 4.79 Å². The summed E-state index contributed by atoms with van der Waals surface area (Å²) in [5, 5.41) is 7.88. The van der Waals surface area contributed by atoms with E-state index in [9.17, 15) is 9.18 Å². The second-order valence-corrected chi connectivity index (χ2v) is 4.21. The molecule has 0 heterocycles. The van der Waals surface area contributed by atoms with Crippen molar-refractivity contribution in [3.8, 4) is 5.75 Å². The number of carbonyl (C=O) groups is 1. The standard InChI is InChI=1S/C12H15FN2O2/c1-12(2,11(15)16)10(14)7-4-5-9(17-3)8(13)6-7/h4-6,14H,1-3H3,(H2,15,16). The number of nitrogens with two attached hydrogens (primary N) is 1. The molecule has 0 unspecified atom stereocenters. The largest absolute Gasteiger partial charge is 0.494 e. The first kappa shape index (κ1) is 13.2. The van der Waals surface area contributed by atoms with Gasteiger partial charge in [0.1, 0.15) is 0 Å². The van der Waals surface area contributed by atoms with E-state index in [4.69, 9.17) is 15.9 Å². The van der Waals surface area contributed by atoms with Crippen LogP contribution in [0.5, 0.6) is 5.75 Å². The zero-order valence-electron chi connectivity index (χ0n) is 10.0. The molecule has 0 radical (unpaired) electrons.